The molecule has 0 aliphatic carbocycles. The van der Waals surface area contributed by atoms with Gasteiger partial charge < -0.3 is 5.32 Å². The highest BCUT2D eigenvalue weighted by molar-refractivity contribution is 9.10. The van der Waals surface area contributed by atoms with Crippen LogP contribution in [-0.2, 0) is 19.4 Å². The molecular weight excluding hydrogens is 317 g/mol. The third kappa shape index (κ3) is 3.40. The van der Waals surface area contributed by atoms with Crippen molar-refractivity contribution in [3.05, 3.63) is 63.4 Å². The molecule has 0 bridgehead atoms. The first kappa shape index (κ1) is 15.0. The molecule has 1 N–H and O–H groups in total. The standard InChI is InChI=1S/C17H19BrFN/c1-3-12-6-5-7-13(4-2)17(12)20-11-14-8-9-15(19)10-16(14)18/h5-10,20H,3-4,11H2,1-2H3. The summed E-state index contributed by atoms with van der Waals surface area (Å²) in [5, 5.41) is 3.51. The van der Waals surface area contributed by atoms with Gasteiger partial charge in [-0.25, -0.2) is 4.39 Å². The van der Waals surface area contributed by atoms with Crippen LogP contribution in [0.5, 0.6) is 0 Å². The Labute approximate surface area is 128 Å². The predicted molar refractivity (Wildman–Crippen MR) is 86.6 cm³/mol. The number of rotatable bonds is 5. The zero-order valence-electron chi connectivity index (χ0n) is 11.8. The molecule has 0 heterocycles. The average Bonchev–Trinajstić information content (AvgIpc) is 2.46. The van der Waals surface area contributed by atoms with E-state index in [-0.39, 0.29) is 5.82 Å². The number of para-hydroxylation sites is 1. The zero-order valence-corrected chi connectivity index (χ0v) is 13.4. The Morgan fingerprint density at radius 2 is 1.65 bits per heavy atom. The van der Waals surface area contributed by atoms with Gasteiger partial charge in [-0.1, -0.05) is 54.0 Å². The Kier molecular flexibility index (Phi) is 5.18. The van der Waals surface area contributed by atoms with Crippen molar-refractivity contribution in [1.82, 2.24) is 0 Å². The molecule has 0 fully saturated rings. The van der Waals surface area contributed by atoms with Crippen molar-refractivity contribution >= 4 is 21.6 Å². The molecule has 0 atom stereocenters. The predicted octanol–water partition coefficient (Wildman–Crippen LogP) is 5.33. The topological polar surface area (TPSA) is 12.0 Å². The van der Waals surface area contributed by atoms with Gasteiger partial charge in [0, 0.05) is 16.7 Å². The monoisotopic (exact) mass is 335 g/mol. The SMILES string of the molecule is CCc1cccc(CC)c1NCc1ccc(F)cc1Br. The number of halogens is 2. The van der Waals surface area contributed by atoms with Crippen LogP contribution in [0.25, 0.3) is 0 Å². The van der Waals surface area contributed by atoms with Gasteiger partial charge in [-0.15, -0.1) is 0 Å². The second-order valence-corrected chi connectivity index (χ2v) is 5.60. The normalized spacial score (nSPS) is 10.6. The van der Waals surface area contributed by atoms with Gasteiger partial charge in [0.25, 0.3) is 0 Å². The molecule has 0 aromatic heterocycles. The highest BCUT2D eigenvalue weighted by atomic mass is 79.9. The van der Waals surface area contributed by atoms with E-state index in [0.29, 0.717) is 6.54 Å². The van der Waals surface area contributed by atoms with Gasteiger partial charge in [-0.2, -0.15) is 0 Å². The number of anilines is 1. The minimum atomic E-state index is -0.219. The third-order valence-electron chi connectivity index (χ3n) is 3.47. The minimum Gasteiger partial charge on any atom is -0.380 e. The number of aryl methyl sites for hydroxylation is 2. The van der Waals surface area contributed by atoms with E-state index in [1.165, 1.54) is 28.9 Å². The van der Waals surface area contributed by atoms with Gasteiger partial charge >= 0.3 is 0 Å². The first-order valence-electron chi connectivity index (χ1n) is 6.94. The fraction of sp³-hybridized carbons (Fsp3) is 0.294. The Morgan fingerprint density at radius 1 is 1.00 bits per heavy atom. The maximum Gasteiger partial charge on any atom is 0.124 e. The first-order chi connectivity index (χ1) is 9.65. The third-order valence-corrected chi connectivity index (χ3v) is 4.21. The molecule has 2 aromatic carbocycles. The zero-order chi connectivity index (χ0) is 14.5. The van der Waals surface area contributed by atoms with E-state index >= 15 is 0 Å². The summed E-state index contributed by atoms with van der Waals surface area (Å²) in [6.45, 7) is 5.01. The van der Waals surface area contributed by atoms with Crippen molar-refractivity contribution in [1.29, 1.82) is 0 Å². The van der Waals surface area contributed by atoms with E-state index < -0.39 is 0 Å². The molecule has 2 aromatic rings. The van der Waals surface area contributed by atoms with Crippen molar-refractivity contribution in [2.24, 2.45) is 0 Å². The first-order valence-corrected chi connectivity index (χ1v) is 7.73. The summed E-state index contributed by atoms with van der Waals surface area (Å²) < 4.78 is 13.9. The van der Waals surface area contributed by atoms with Gasteiger partial charge in [-0.3, -0.25) is 0 Å². The molecule has 0 saturated heterocycles. The maximum absolute atomic E-state index is 13.1. The van der Waals surface area contributed by atoms with Gasteiger partial charge in [0.1, 0.15) is 5.82 Å². The second-order valence-electron chi connectivity index (χ2n) is 4.75. The van der Waals surface area contributed by atoms with Gasteiger partial charge in [0.2, 0.25) is 0 Å². The largest absolute Gasteiger partial charge is 0.380 e. The fourth-order valence-corrected chi connectivity index (χ4v) is 2.81. The van der Waals surface area contributed by atoms with Crippen molar-refractivity contribution in [3.8, 4) is 0 Å². The second kappa shape index (κ2) is 6.89. The lowest BCUT2D eigenvalue weighted by Crippen LogP contribution is -2.06. The summed E-state index contributed by atoms with van der Waals surface area (Å²) in [4.78, 5) is 0. The van der Waals surface area contributed by atoms with Crippen LogP contribution in [0.15, 0.2) is 40.9 Å². The molecule has 0 spiro atoms. The lowest BCUT2D eigenvalue weighted by atomic mass is 10.0. The van der Waals surface area contributed by atoms with E-state index in [1.54, 1.807) is 0 Å². The molecule has 20 heavy (non-hydrogen) atoms. The molecule has 0 aliphatic heterocycles. The summed E-state index contributed by atoms with van der Waals surface area (Å²) in [6, 6.07) is 11.2. The molecule has 1 nitrogen and oxygen atoms in total. The quantitative estimate of drug-likeness (QED) is 0.779. The average molecular weight is 336 g/mol. The number of benzene rings is 2. The van der Waals surface area contributed by atoms with E-state index in [2.05, 4.69) is 53.3 Å². The van der Waals surface area contributed by atoms with E-state index in [4.69, 9.17) is 0 Å². The molecule has 2 rings (SSSR count). The Morgan fingerprint density at radius 3 is 2.20 bits per heavy atom. The Balaban J connectivity index is 2.22. The molecule has 0 aliphatic rings. The summed E-state index contributed by atoms with van der Waals surface area (Å²) in [7, 11) is 0. The number of nitrogens with one attached hydrogen (secondary N) is 1. The van der Waals surface area contributed by atoms with Crippen LogP contribution in [0.1, 0.15) is 30.5 Å². The summed E-state index contributed by atoms with van der Waals surface area (Å²) in [5.41, 5.74) is 4.92. The lowest BCUT2D eigenvalue weighted by molar-refractivity contribution is 0.626. The summed E-state index contributed by atoms with van der Waals surface area (Å²) in [5.74, 6) is -0.219. The van der Waals surface area contributed by atoms with Crippen LogP contribution in [0.4, 0.5) is 10.1 Å². The highest BCUT2D eigenvalue weighted by Gasteiger charge is 2.07. The molecular formula is C17H19BrFN. The molecule has 0 amide bonds. The fourth-order valence-electron chi connectivity index (χ4n) is 2.32. The van der Waals surface area contributed by atoms with Crippen LogP contribution < -0.4 is 5.32 Å². The van der Waals surface area contributed by atoms with Crippen molar-refractivity contribution in [2.45, 2.75) is 33.2 Å². The van der Waals surface area contributed by atoms with Crippen LogP contribution >= 0.6 is 15.9 Å². The minimum absolute atomic E-state index is 0.219. The van der Waals surface area contributed by atoms with E-state index in [9.17, 15) is 4.39 Å². The Bertz CT molecular complexity index is 573. The molecule has 0 unspecified atom stereocenters. The smallest absolute Gasteiger partial charge is 0.124 e. The molecule has 106 valence electrons. The van der Waals surface area contributed by atoms with Crippen molar-refractivity contribution in [2.75, 3.05) is 5.32 Å². The number of hydrogen-bond donors (Lipinski definition) is 1. The summed E-state index contributed by atoms with van der Waals surface area (Å²) >= 11 is 3.41. The van der Waals surface area contributed by atoms with E-state index in [0.717, 1.165) is 22.9 Å². The van der Waals surface area contributed by atoms with E-state index in [1.807, 2.05) is 6.07 Å². The maximum atomic E-state index is 13.1. The van der Waals surface area contributed by atoms with Crippen LogP contribution in [0.2, 0.25) is 0 Å². The van der Waals surface area contributed by atoms with Crippen molar-refractivity contribution in [3.63, 3.8) is 0 Å². The van der Waals surface area contributed by atoms with Crippen molar-refractivity contribution < 1.29 is 4.39 Å². The Hall–Kier alpha value is -1.35. The van der Waals surface area contributed by atoms with Gasteiger partial charge in [-0.05, 0) is 41.7 Å². The lowest BCUT2D eigenvalue weighted by Gasteiger charge is -2.16. The summed E-state index contributed by atoms with van der Waals surface area (Å²) in [6.07, 6.45) is 2.00. The van der Waals surface area contributed by atoms with Gasteiger partial charge in [0.15, 0.2) is 0 Å². The van der Waals surface area contributed by atoms with Gasteiger partial charge in [0.05, 0.1) is 0 Å². The van der Waals surface area contributed by atoms with Crippen LogP contribution in [-0.4, -0.2) is 0 Å². The molecule has 0 radical (unpaired) electrons. The highest BCUT2D eigenvalue weighted by Crippen LogP contribution is 2.25. The molecule has 0 saturated carbocycles. The van der Waals surface area contributed by atoms with Crippen LogP contribution in [0.3, 0.4) is 0 Å². The van der Waals surface area contributed by atoms with Crippen LogP contribution in [0, 0.1) is 5.82 Å². The number of hydrogen-bond acceptors (Lipinski definition) is 1. The molecule has 3 heteroatoms.